The Hall–Kier alpha value is -2.76. The lowest BCUT2D eigenvalue weighted by molar-refractivity contribution is 1.25. The van der Waals surface area contributed by atoms with Crippen LogP contribution in [-0.4, -0.2) is 19.9 Å². The molecule has 0 aliphatic carbocycles. The Morgan fingerprint density at radius 2 is 1.61 bits per heavy atom. The van der Waals surface area contributed by atoms with E-state index < -0.39 is 0 Å². The van der Waals surface area contributed by atoms with Crippen LogP contribution in [-0.2, 0) is 0 Å². The molecule has 4 N–H and O–H groups in total. The van der Waals surface area contributed by atoms with Crippen LogP contribution in [0.5, 0.6) is 0 Å². The van der Waals surface area contributed by atoms with E-state index in [1.54, 1.807) is 24.7 Å². The Bertz CT molecular complexity index is 710. The van der Waals surface area contributed by atoms with Crippen LogP contribution in [0.1, 0.15) is 0 Å². The average Bonchev–Trinajstić information content (AvgIpc) is 2.39. The molecular formula is C12H10N6. The van der Waals surface area contributed by atoms with Crippen LogP contribution >= 0.6 is 0 Å². The Kier molecular flexibility index (Phi) is 2.26. The zero-order valence-corrected chi connectivity index (χ0v) is 9.41. The number of anilines is 2. The summed E-state index contributed by atoms with van der Waals surface area (Å²) in [6.45, 7) is 0. The second-order valence-corrected chi connectivity index (χ2v) is 3.76. The third-order valence-electron chi connectivity index (χ3n) is 2.59. The number of hydrogen-bond acceptors (Lipinski definition) is 6. The van der Waals surface area contributed by atoms with Gasteiger partial charge in [-0.3, -0.25) is 4.98 Å². The standard InChI is InChI=1S/C12H10N6/c13-11-10-8(3-6-16-11)17-12(14)9(18-10)7-1-4-15-5-2-7/h1-6H,(H2,13,16)(H2,14,17). The molecule has 6 heteroatoms. The van der Waals surface area contributed by atoms with Crippen molar-refractivity contribution >= 4 is 22.7 Å². The molecule has 0 saturated carbocycles. The van der Waals surface area contributed by atoms with Crippen LogP contribution in [0.15, 0.2) is 36.8 Å². The van der Waals surface area contributed by atoms with Gasteiger partial charge in [0.2, 0.25) is 0 Å². The van der Waals surface area contributed by atoms with Crippen molar-refractivity contribution in [2.45, 2.75) is 0 Å². The fraction of sp³-hybridized carbons (Fsp3) is 0. The van der Waals surface area contributed by atoms with E-state index in [0.717, 1.165) is 5.56 Å². The highest BCUT2D eigenvalue weighted by atomic mass is 15.0. The van der Waals surface area contributed by atoms with Crippen molar-refractivity contribution < 1.29 is 0 Å². The summed E-state index contributed by atoms with van der Waals surface area (Å²) in [6.07, 6.45) is 4.93. The molecule has 0 aliphatic rings. The van der Waals surface area contributed by atoms with Gasteiger partial charge >= 0.3 is 0 Å². The molecule has 3 aromatic heterocycles. The molecule has 6 nitrogen and oxygen atoms in total. The first kappa shape index (κ1) is 10.4. The molecule has 0 bridgehead atoms. The molecule has 0 aromatic carbocycles. The first-order valence-electron chi connectivity index (χ1n) is 5.34. The fourth-order valence-electron chi connectivity index (χ4n) is 1.74. The Morgan fingerprint density at radius 1 is 0.833 bits per heavy atom. The van der Waals surface area contributed by atoms with Gasteiger partial charge in [0.15, 0.2) is 11.6 Å². The zero-order chi connectivity index (χ0) is 12.5. The van der Waals surface area contributed by atoms with Crippen molar-refractivity contribution in [3.63, 3.8) is 0 Å². The maximum absolute atomic E-state index is 5.91. The Labute approximate surface area is 103 Å². The van der Waals surface area contributed by atoms with Crippen LogP contribution < -0.4 is 11.5 Å². The van der Waals surface area contributed by atoms with Gasteiger partial charge in [0, 0.05) is 24.2 Å². The number of aromatic nitrogens is 4. The molecule has 0 aliphatic heterocycles. The maximum Gasteiger partial charge on any atom is 0.151 e. The van der Waals surface area contributed by atoms with Crippen molar-refractivity contribution in [2.24, 2.45) is 0 Å². The van der Waals surface area contributed by atoms with Crippen molar-refractivity contribution in [1.82, 2.24) is 19.9 Å². The van der Waals surface area contributed by atoms with Gasteiger partial charge < -0.3 is 11.5 Å². The number of pyridine rings is 2. The molecule has 0 saturated heterocycles. The summed E-state index contributed by atoms with van der Waals surface area (Å²) in [6, 6.07) is 5.36. The number of nitrogens with two attached hydrogens (primary N) is 2. The second-order valence-electron chi connectivity index (χ2n) is 3.76. The first-order valence-corrected chi connectivity index (χ1v) is 5.34. The summed E-state index contributed by atoms with van der Waals surface area (Å²) in [5, 5.41) is 0. The van der Waals surface area contributed by atoms with E-state index in [4.69, 9.17) is 11.5 Å². The van der Waals surface area contributed by atoms with Crippen molar-refractivity contribution in [1.29, 1.82) is 0 Å². The second kappa shape index (κ2) is 3.92. The largest absolute Gasteiger partial charge is 0.382 e. The molecule has 3 aromatic rings. The topological polar surface area (TPSA) is 104 Å². The molecule has 3 heterocycles. The van der Waals surface area contributed by atoms with E-state index in [-0.39, 0.29) is 0 Å². The van der Waals surface area contributed by atoms with E-state index in [0.29, 0.717) is 28.4 Å². The highest BCUT2D eigenvalue weighted by Crippen LogP contribution is 2.25. The molecule has 0 unspecified atom stereocenters. The molecule has 0 fully saturated rings. The van der Waals surface area contributed by atoms with E-state index >= 15 is 0 Å². The minimum Gasteiger partial charge on any atom is -0.382 e. The average molecular weight is 238 g/mol. The maximum atomic E-state index is 5.91. The third-order valence-corrected chi connectivity index (χ3v) is 2.59. The minimum atomic E-state index is 0.343. The summed E-state index contributed by atoms with van der Waals surface area (Å²) in [7, 11) is 0. The summed E-state index contributed by atoms with van der Waals surface area (Å²) in [4.78, 5) is 16.7. The van der Waals surface area contributed by atoms with Gasteiger partial charge in [-0.05, 0) is 18.2 Å². The van der Waals surface area contributed by atoms with Gasteiger partial charge in [-0.2, -0.15) is 0 Å². The lowest BCUT2D eigenvalue weighted by Gasteiger charge is -2.06. The molecular weight excluding hydrogens is 228 g/mol. The highest BCUT2D eigenvalue weighted by molar-refractivity contribution is 5.88. The normalized spacial score (nSPS) is 10.7. The smallest absolute Gasteiger partial charge is 0.151 e. The van der Waals surface area contributed by atoms with Gasteiger partial charge in [-0.15, -0.1) is 0 Å². The lowest BCUT2D eigenvalue weighted by Crippen LogP contribution is -2.01. The van der Waals surface area contributed by atoms with E-state index in [2.05, 4.69) is 19.9 Å². The molecule has 18 heavy (non-hydrogen) atoms. The van der Waals surface area contributed by atoms with E-state index in [9.17, 15) is 0 Å². The van der Waals surface area contributed by atoms with Crippen LogP contribution in [0, 0.1) is 0 Å². The van der Waals surface area contributed by atoms with Crippen LogP contribution in [0.3, 0.4) is 0 Å². The van der Waals surface area contributed by atoms with Crippen molar-refractivity contribution in [2.75, 3.05) is 11.5 Å². The number of nitrogens with zero attached hydrogens (tertiary/aromatic N) is 4. The molecule has 0 atom stereocenters. The van der Waals surface area contributed by atoms with Gasteiger partial charge in [0.05, 0.1) is 5.52 Å². The summed E-state index contributed by atoms with van der Waals surface area (Å²) >= 11 is 0. The Balaban J connectivity index is 2.31. The lowest BCUT2D eigenvalue weighted by atomic mass is 10.2. The number of hydrogen-bond donors (Lipinski definition) is 2. The van der Waals surface area contributed by atoms with Crippen LogP contribution in [0.4, 0.5) is 11.6 Å². The summed E-state index contributed by atoms with van der Waals surface area (Å²) < 4.78 is 0. The number of rotatable bonds is 1. The monoisotopic (exact) mass is 238 g/mol. The van der Waals surface area contributed by atoms with Gasteiger partial charge in [-0.25, -0.2) is 15.0 Å². The molecule has 3 rings (SSSR count). The van der Waals surface area contributed by atoms with Crippen molar-refractivity contribution in [3.8, 4) is 11.3 Å². The van der Waals surface area contributed by atoms with Gasteiger partial charge in [0.25, 0.3) is 0 Å². The predicted molar refractivity (Wildman–Crippen MR) is 69.4 cm³/mol. The summed E-state index contributed by atoms with van der Waals surface area (Å²) in [5.41, 5.74) is 14.3. The molecule has 0 spiro atoms. The highest BCUT2D eigenvalue weighted by Gasteiger charge is 2.10. The van der Waals surface area contributed by atoms with Crippen LogP contribution in [0.25, 0.3) is 22.3 Å². The number of nitrogen functional groups attached to an aromatic ring is 2. The zero-order valence-electron chi connectivity index (χ0n) is 9.41. The van der Waals surface area contributed by atoms with Crippen molar-refractivity contribution in [3.05, 3.63) is 36.8 Å². The van der Waals surface area contributed by atoms with Crippen LogP contribution in [0.2, 0.25) is 0 Å². The third kappa shape index (κ3) is 1.60. The Morgan fingerprint density at radius 3 is 2.39 bits per heavy atom. The predicted octanol–water partition coefficient (Wildman–Crippen LogP) is 1.25. The molecule has 88 valence electrons. The molecule has 0 radical (unpaired) electrons. The first-order chi connectivity index (χ1) is 8.75. The van der Waals surface area contributed by atoms with Gasteiger partial charge in [0.1, 0.15) is 11.2 Å². The van der Waals surface area contributed by atoms with E-state index in [1.165, 1.54) is 0 Å². The molecule has 0 amide bonds. The fourth-order valence-corrected chi connectivity index (χ4v) is 1.74. The van der Waals surface area contributed by atoms with E-state index in [1.807, 2.05) is 12.1 Å². The number of fused-ring (bicyclic) bond motifs is 1. The quantitative estimate of drug-likeness (QED) is 0.661. The minimum absolute atomic E-state index is 0.343. The summed E-state index contributed by atoms with van der Waals surface area (Å²) in [5.74, 6) is 0.703. The van der Waals surface area contributed by atoms with Gasteiger partial charge in [-0.1, -0.05) is 0 Å². The SMILES string of the molecule is Nc1nc2ccnc(N)c2nc1-c1ccncc1.